The number of anilines is 1. The SMILES string of the molecule is C#C[C@]1(O)C(n2ccc(=O)[nH]c2=O)O[C@H](COP(=O)(Nc2ccccc2)N[C@@H](C)C(=O)OC(C)C)[C@H]1O. The molecule has 2 heterocycles. The number of esters is 1. The molecule has 37 heavy (non-hydrogen) atoms. The van der Waals surface area contributed by atoms with Gasteiger partial charge in [0.15, 0.2) is 11.8 Å². The van der Waals surface area contributed by atoms with E-state index >= 15 is 0 Å². The number of rotatable bonds is 10. The Morgan fingerprint density at radius 3 is 2.57 bits per heavy atom. The molecule has 1 aliphatic rings. The average molecular weight is 536 g/mol. The van der Waals surface area contributed by atoms with Crippen LogP contribution in [0, 0.1) is 12.3 Å². The Balaban J connectivity index is 1.84. The summed E-state index contributed by atoms with van der Waals surface area (Å²) in [5.41, 5.74) is -3.62. The van der Waals surface area contributed by atoms with Crippen molar-refractivity contribution in [1.29, 1.82) is 0 Å². The minimum absolute atomic E-state index is 0.397. The lowest BCUT2D eigenvalue weighted by atomic mass is 9.95. The van der Waals surface area contributed by atoms with Gasteiger partial charge < -0.3 is 24.8 Å². The molecular weight excluding hydrogens is 507 g/mol. The Morgan fingerprint density at radius 1 is 1.30 bits per heavy atom. The number of aliphatic hydroxyl groups is 2. The van der Waals surface area contributed by atoms with Gasteiger partial charge in [-0.05, 0) is 32.9 Å². The van der Waals surface area contributed by atoms with Crippen LogP contribution in [-0.4, -0.2) is 62.3 Å². The Hall–Kier alpha value is -3.24. The van der Waals surface area contributed by atoms with E-state index in [0.29, 0.717) is 5.69 Å². The third-order valence-corrected chi connectivity index (χ3v) is 7.15. The van der Waals surface area contributed by atoms with Crippen LogP contribution in [0.2, 0.25) is 0 Å². The highest BCUT2D eigenvalue weighted by Gasteiger charge is 2.56. The van der Waals surface area contributed by atoms with Gasteiger partial charge in [-0.15, -0.1) is 6.42 Å². The van der Waals surface area contributed by atoms with E-state index in [4.69, 9.17) is 20.4 Å². The minimum atomic E-state index is -4.07. The lowest BCUT2D eigenvalue weighted by Crippen LogP contribution is -2.48. The number of aliphatic hydroxyl groups excluding tert-OH is 1. The van der Waals surface area contributed by atoms with Crippen molar-refractivity contribution in [1.82, 2.24) is 14.6 Å². The van der Waals surface area contributed by atoms with Gasteiger partial charge in [-0.3, -0.25) is 23.7 Å². The fraction of sp³-hybridized carbons (Fsp3) is 0.435. The van der Waals surface area contributed by atoms with E-state index in [0.717, 1.165) is 16.8 Å². The molecule has 0 aliphatic carbocycles. The number of hydrogen-bond acceptors (Lipinski definition) is 9. The largest absolute Gasteiger partial charge is 0.462 e. The topological polar surface area (TPSA) is 181 Å². The quantitative estimate of drug-likeness (QED) is 0.160. The first-order valence-electron chi connectivity index (χ1n) is 11.3. The zero-order chi connectivity index (χ0) is 27.4. The van der Waals surface area contributed by atoms with Crippen molar-refractivity contribution >= 4 is 19.3 Å². The van der Waals surface area contributed by atoms with E-state index in [1.165, 1.54) is 6.92 Å². The van der Waals surface area contributed by atoms with Gasteiger partial charge in [0.1, 0.15) is 18.2 Å². The summed E-state index contributed by atoms with van der Waals surface area (Å²) < 4.78 is 30.9. The summed E-state index contributed by atoms with van der Waals surface area (Å²) in [4.78, 5) is 38.0. The first-order valence-corrected chi connectivity index (χ1v) is 12.9. The summed E-state index contributed by atoms with van der Waals surface area (Å²) >= 11 is 0. The molecular formula is C23H29N4O9P. The van der Waals surface area contributed by atoms with E-state index in [1.54, 1.807) is 44.2 Å². The first-order chi connectivity index (χ1) is 17.4. The van der Waals surface area contributed by atoms with E-state index in [2.05, 4.69) is 10.2 Å². The van der Waals surface area contributed by atoms with Crippen molar-refractivity contribution in [2.24, 2.45) is 0 Å². The van der Waals surface area contributed by atoms with Gasteiger partial charge in [0.05, 0.1) is 12.7 Å². The van der Waals surface area contributed by atoms with Crippen LogP contribution >= 0.6 is 7.67 Å². The van der Waals surface area contributed by atoms with Crippen LogP contribution in [0.4, 0.5) is 5.69 Å². The smallest absolute Gasteiger partial charge is 0.366 e. The fourth-order valence-corrected chi connectivity index (χ4v) is 5.22. The third-order valence-electron chi connectivity index (χ3n) is 5.36. The molecule has 1 saturated heterocycles. The molecule has 0 bridgehead atoms. The predicted molar refractivity (Wildman–Crippen MR) is 132 cm³/mol. The second kappa shape index (κ2) is 11.4. The lowest BCUT2D eigenvalue weighted by molar-refractivity contribution is -0.149. The van der Waals surface area contributed by atoms with Gasteiger partial charge in [0, 0.05) is 18.0 Å². The number of H-pyrrole nitrogens is 1. The highest BCUT2D eigenvalue weighted by molar-refractivity contribution is 7.58. The fourth-order valence-electron chi connectivity index (χ4n) is 3.55. The molecule has 3 rings (SSSR count). The standard InChI is InChI=1S/C23H29N4O9P/c1-5-23(32)19(29)17(36-21(23)27-12-11-18(28)24-22(27)31)13-34-37(33,26-16-9-7-6-8-10-16)25-15(4)20(30)35-14(2)3/h1,6-12,14-15,17,19,21,29,32H,13H2,2-4H3,(H,24,28,31)(H2,25,26,33)/t15-,17+,19+,21?,23+,37?/m0/s1. The maximum absolute atomic E-state index is 13.7. The van der Waals surface area contributed by atoms with Crippen LogP contribution in [-0.2, 0) is 23.4 Å². The van der Waals surface area contributed by atoms with Crippen molar-refractivity contribution in [2.45, 2.75) is 57.0 Å². The van der Waals surface area contributed by atoms with Crippen molar-refractivity contribution in [2.75, 3.05) is 11.7 Å². The summed E-state index contributed by atoms with van der Waals surface area (Å²) in [5.74, 6) is 1.35. The van der Waals surface area contributed by atoms with Gasteiger partial charge in [-0.25, -0.2) is 14.4 Å². The highest BCUT2D eigenvalue weighted by Crippen LogP contribution is 2.45. The summed E-state index contributed by atoms with van der Waals surface area (Å²) in [6, 6.07) is 8.30. The molecule has 1 aromatic heterocycles. The molecule has 200 valence electrons. The second-order valence-corrected chi connectivity index (χ2v) is 10.5. The Bertz CT molecular complexity index is 1310. The molecule has 0 radical (unpaired) electrons. The maximum Gasteiger partial charge on any atom is 0.366 e. The van der Waals surface area contributed by atoms with Crippen LogP contribution in [0.1, 0.15) is 27.0 Å². The van der Waals surface area contributed by atoms with Crippen LogP contribution in [0.3, 0.4) is 0 Å². The second-order valence-electron chi connectivity index (χ2n) is 8.62. The van der Waals surface area contributed by atoms with Crippen LogP contribution in [0.15, 0.2) is 52.2 Å². The number of nitrogens with zero attached hydrogens (tertiary/aromatic N) is 1. The molecule has 1 fully saturated rings. The van der Waals surface area contributed by atoms with Crippen molar-refractivity contribution in [3.63, 3.8) is 0 Å². The number of benzene rings is 1. The number of hydrogen-bond donors (Lipinski definition) is 5. The number of para-hydroxylation sites is 1. The molecule has 14 heteroatoms. The molecule has 0 spiro atoms. The molecule has 2 aromatic rings. The van der Waals surface area contributed by atoms with E-state index in [1.807, 2.05) is 10.9 Å². The van der Waals surface area contributed by atoms with Crippen molar-refractivity contribution in [3.05, 3.63) is 63.4 Å². The molecule has 1 aliphatic heterocycles. The van der Waals surface area contributed by atoms with Gasteiger partial charge in [0.25, 0.3) is 5.56 Å². The Labute approximate surface area is 212 Å². The van der Waals surface area contributed by atoms with Gasteiger partial charge >= 0.3 is 19.3 Å². The van der Waals surface area contributed by atoms with Gasteiger partial charge in [-0.2, -0.15) is 0 Å². The molecule has 6 atom stereocenters. The van der Waals surface area contributed by atoms with Crippen LogP contribution in [0.25, 0.3) is 0 Å². The number of aromatic amines is 1. The third kappa shape index (κ3) is 6.56. The summed E-state index contributed by atoms with van der Waals surface area (Å²) in [7, 11) is -4.07. The first kappa shape index (κ1) is 28.3. The molecule has 0 saturated carbocycles. The number of carbonyl (C=O) groups excluding carboxylic acids is 1. The predicted octanol–water partition coefficient (Wildman–Crippen LogP) is 0.326. The summed E-state index contributed by atoms with van der Waals surface area (Å²) in [6.45, 7) is 4.18. The van der Waals surface area contributed by atoms with Gasteiger partial charge in [0.2, 0.25) is 0 Å². The maximum atomic E-state index is 13.7. The lowest BCUT2D eigenvalue weighted by Gasteiger charge is -2.27. The molecule has 5 N–H and O–H groups in total. The van der Waals surface area contributed by atoms with Crippen molar-refractivity contribution < 1.29 is 33.6 Å². The van der Waals surface area contributed by atoms with E-state index in [-0.39, 0.29) is 0 Å². The number of aromatic nitrogens is 2. The van der Waals surface area contributed by atoms with Gasteiger partial charge in [-0.1, -0.05) is 24.1 Å². The Kier molecular flexibility index (Phi) is 8.76. The number of ether oxygens (including phenoxy) is 2. The molecule has 13 nitrogen and oxygen atoms in total. The zero-order valence-corrected chi connectivity index (χ0v) is 21.3. The van der Waals surface area contributed by atoms with Crippen LogP contribution in [0.5, 0.6) is 0 Å². The number of carbonyl (C=O) groups is 1. The zero-order valence-electron chi connectivity index (χ0n) is 20.4. The summed E-state index contributed by atoms with van der Waals surface area (Å²) in [5, 5.41) is 27.0. The van der Waals surface area contributed by atoms with E-state index in [9.17, 15) is 29.2 Å². The number of terminal acetylenes is 1. The van der Waals surface area contributed by atoms with Crippen LogP contribution < -0.4 is 21.4 Å². The normalized spacial score (nSPS) is 25.7. The Morgan fingerprint density at radius 2 is 1.97 bits per heavy atom. The molecule has 0 amide bonds. The number of nitrogens with one attached hydrogen (secondary N) is 3. The van der Waals surface area contributed by atoms with E-state index < -0.39 is 67.7 Å². The summed E-state index contributed by atoms with van der Waals surface area (Å²) in [6.07, 6.45) is 1.35. The van der Waals surface area contributed by atoms with Crippen molar-refractivity contribution in [3.8, 4) is 12.3 Å². The monoisotopic (exact) mass is 536 g/mol. The minimum Gasteiger partial charge on any atom is -0.462 e. The average Bonchev–Trinajstić information content (AvgIpc) is 3.08. The highest BCUT2D eigenvalue weighted by atomic mass is 31.2. The molecule has 1 aromatic carbocycles. The molecule has 2 unspecified atom stereocenters.